The molecule has 0 amide bonds. The second kappa shape index (κ2) is 6.66. The Morgan fingerprint density at radius 1 is 0.909 bits per heavy atom. The van der Waals surface area contributed by atoms with Crippen LogP contribution in [0.15, 0.2) is 27.1 Å². The molecule has 0 aliphatic carbocycles. The molecule has 0 saturated carbocycles. The number of hydrogen-bond donors (Lipinski definition) is 2. The standard InChI is InChI=1S/C15H15Br2NO4/c1-20-11-6-9(18)13(15(22-3)14(11)21-2)12-8(17)4-7(16)5-10(12)19/h4-6,19H,18H2,1-3H3. The van der Waals surface area contributed by atoms with Crippen LogP contribution in [-0.2, 0) is 0 Å². The molecule has 0 saturated heterocycles. The van der Waals surface area contributed by atoms with E-state index < -0.39 is 0 Å². The van der Waals surface area contributed by atoms with Crippen molar-refractivity contribution in [3.63, 3.8) is 0 Å². The van der Waals surface area contributed by atoms with Gasteiger partial charge in [-0.2, -0.15) is 0 Å². The number of benzene rings is 2. The van der Waals surface area contributed by atoms with E-state index in [0.29, 0.717) is 38.5 Å². The average Bonchev–Trinajstić information content (AvgIpc) is 2.46. The fraction of sp³-hybridized carbons (Fsp3) is 0.200. The van der Waals surface area contributed by atoms with Gasteiger partial charge in [-0.1, -0.05) is 15.9 Å². The highest BCUT2D eigenvalue weighted by Gasteiger charge is 2.24. The zero-order valence-electron chi connectivity index (χ0n) is 12.2. The van der Waals surface area contributed by atoms with Crippen LogP contribution in [0.25, 0.3) is 11.1 Å². The van der Waals surface area contributed by atoms with Gasteiger partial charge in [-0.15, -0.1) is 0 Å². The molecule has 0 spiro atoms. The van der Waals surface area contributed by atoms with E-state index in [9.17, 15) is 5.11 Å². The Kier molecular flexibility index (Phi) is 5.08. The Morgan fingerprint density at radius 2 is 1.55 bits per heavy atom. The van der Waals surface area contributed by atoms with Crippen LogP contribution >= 0.6 is 31.9 Å². The molecule has 22 heavy (non-hydrogen) atoms. The first kappa shape index (κ1) is 16.8. The number of rotatable bonds is 4. The van der Waals surface area contributed by atoms with Gasteiger partial charge in [0.2, 0.25) is 5.75 Å². The van der Waals surface area contributed by atoms with Crippen LogP contribution in [0.3, 0.4) is 0 Å². The van der Waals surface area contributed by atoms with E-state index in [1.807, 2.05) is 6.07 Å². The first-order valence-electron chi connectivity index (χ1n) is 6.21. The van der Waals surface area contributed by atoms with Gasteiger partial charge >= 0.3 is 0 Å². The van der Waals surface area contributed by atoms with Crippen molar-refractivity contribution >= 4 is 37.5 Å². The molecule has 2 aromatic carbocycles. The second-order valence-corrected chi connectivity index (χ2v) is 6.16. The van der Waals surface area contributed by atoms with E-state index >= 15 is 0 Å². The Balaban J connectivity index is 2.87. The minimum absolute atomic E-state index is 0.0541. The van der Waals surface area contributed by atoms with Gasteiger partial charge in [-0.05, 0) is 28.1 Å². The molecule has 0 radical (unpaired) electrons. The number of phenolic OH excluding ortho intramolecular Hbond substituents is 1. The summed E-state index contributed by atoms with van der Waals surface area (Å²) in [5, 5.41) is 10.3. The molecule has 7 heteroatoms. The van der Waals surface area contributed by atoms with E-state index in [2.05, 4.69) is 31.9 Å². The lowest BCUT2D eigenvalue weighted by molar-refractivity contribution is 0.325. The molecular weight excluding hydrogens is 418 g/mol. The predicted octanol–water partition coefficient (Wildman–Crippen LogP) is 4.19. The van der Waals surface area contributed by atoms with Crippen LogP contribution < -0.4 is 19.9 Å². The van der Waals surface area contributed by atoms with Crippen molar-refractivity contribution in [3.8, 4) is 34.1 Å². The summed E-state index contributed by atoms with van der Waals surface area (Å²) >= 11 is 6.77. The van der Waals surface area contributed by atoms with Crippen LogP contribution in [0.4, 0.5) is 5.69 Å². The fourth-order valence-corrected chi connectivity index (χ4v) is 3.64. The number of halogens is 2. The predicted molar refractivity (Wildman–Crippen MR) is 93.0 cm³/mol. The van der Waals surface area contributed by atoms with E-state index in [0.717, 1.165) is 4.47 Å². The van der Waals surface area contributed by atoms with Crippen molar-refractivity contribution in [2.75, 3.05) is 27.1 Å². The van der Waals surface area contributed by atoms with Crippen LogP contribution in [0.2, 0.25) is 0 Å². The summed E-state index contributed by atoms with van der Waals surface area (Å²) in [4.78, 5) is 0. The first-order chi connectivity index (χ1) is 10.4. The third-order valence-electron chi connectivity index (χ3n) is 3.14. The topological polar surface area (TPSA) is 73.9 Å². The van der Waals surface area contributed by atoms with Gasteiger partial charge in [-0.25, -0.2) is 0 Å². The van der Waals surface area contributed by atoms with Gasteiger partial charge in [-0.3, -0.25) is 0 Å². The first-order valence-corrected chi connectivity index (χ1v) is 7.80. The molecule has 5 nitrogen and oxygen atoms in total. The van der Waals surface area contributed by atoms with Gasteiger partial charge in [0.15, 0.2) is 11.5 Å². The maximum Gasteiger partial charge on any atom is 0.204 e. The van der Waals surface area contributed by atoms with Gasteiger partial charge in [0, 0.05) is 26.3 Å². The molecule has 0 bridgehead atoms. The number of hydrogen-bond acceptors (Lipinski definition) is 5. The van der Waals surface area contributed by atoms with Crippen molar-refractivity contribution in [1.82, 2.24) is 0 Å². The second-order valence-electron chi connectivity index (χ2n) is 4.39. The normalized spacial score (nSPS) is 10.4. The maximum atomic E-state index is 10.3. The number of nitrogen functional groups attached to an aromatic ring is 1. The fourth-order valence-electron chi connectivity index (χ4n) is 2.24. The van der Waals surface area contributed by atoms with Gasteiger partial charge in [0.1, 0.15) is 5.75 Å². The SMILES string of the molecule is COc1cc(N)c(-c2c(O)cc(Br)cc2Br)c(OC)c1OC. The molecule has 0 aliphatic rings. The Labute approximate surface area is 145 Å². The largest absolute Gasteiger partial charge is 0.507 e. The van der Waals surface area contributed by atoms with Crippen molar-refractivity contribution in [1.29, 1.82) is 0 Å². The van der Waals surface area contributed by atoms with Crippen molar-refractivity contribution < 1.29 is 19.3 Å². The Hall–Kier alpha value is -1.60. The number of nitrogens with two attached hydrogens (primary N) is 1. The summed E-state index contributed by atoms with van der Waals surface area (Å²) in [6.07, 6.45) is 0. The zero-order valence-corrected chi connectivity index (χ0v) is 15.4. The number of ether oxygens (including phenoxy) is 3. The van der Waals surface area contributed by atoms with Crippen LogP contribution in [0.5, 0.6) is 23.0 Å². The number of aromatic hydroxyl groups is 1. The molecule has 0 aliphatic heterocycles. The van der Waals surface area contributed by atoms with Crippen molar-refractivity contribution in [2.24, 2.45) is 0 Å². The molecule has 0 heterocycles. The summed E-state index contributed by atoms with van der Waals surface area (Å²) in [7, 11) is 4.53. The van der Waals surface area contributed by atoms with Crippen molar-refractivity contribution in [3.05, 3.63) is 27.1 Å². The van der Waals surface area contributed by atoms with Crippen LogP contribution in [0.1, 0.15) is 0 Å². The average molecular weight is 433 g/mol. The van der Waals surface area contributed by atoms with Crippen LogP contribution in [-0.4, -0.2) is 26.4 Å². The third-order valence-corrected chi connectivity index (χ3v) is 4.23. The number of phenols is 1. The lowest BCUT2D eigenvalue weighted by Gasteiger charge is -2.19. The lowest BCUT2D eigenvalue weighted by Crippen LogP contribution is -2.01. The zero-order chi connectivity index (χ0) is 16.4. The van der Waals surface area contributed by atoms with E-state index in [-0.39, 0.29) is 5.75 Å². The monoisotopic (exact) mass is 431 g/mol. The Bertz CT molecular complexity index is 696. The summed E-state index contributed by atoms with van der Waals surface area (Å²) in [6, 6.07) is 5.02. The minimum Gasteiger partial charge on any atom is -0.507 e. The molecule has 0 aromatic heterocycles. The number of anilines is 1. The molecule has 0 fully saturated rings. The summed E-state index contributed by atoms with van der Waals surface area (Å²) in [5.74, 6) is 1.30. The summed E-state index contributed by atoms with van der Waals surface area (Å²) < 4.78 is 17.5. The molecular formula is C15H15Br2NO4. The van der Waals surface area contributed by atoms with Crippen LogP contribution in [0, 0.1) is 0 Å². The van der Waals surface area contributed by atoms with Gasteiger partial charge in [0.25, 0.3) is 0 Å². The molecule has 118 valence electrons. The molecule has 2 rings (SSSR count). The van der Waals surface area contributed by atoms with E-state index in [4.69, 9.17) is 19.9 Å². The van der Waals surface area contributed by atoms with Gasteiger partial charge in [0.05, 0.1) is 26.9 Å². The molecule has 0 atom stereocenters. The molecule has 2 aromatic rings. The number of methoxy groups -OCH3 is 3. The van der Waals surface area contributed by atoms with E-state index in [1.165, 1.54) is 21.3 Å². The molecule has 0 unspecified atom stereocenters. The maximum absolute atomic E-state index is 10.3. The highest BCUT2D eigenvalue weighted by atomic mass is 79.9. The summed E-state index contributed by atoms with van der Waals surface area (Å²) in [5.41, 5.74) is 7.58. The smallest absolute Gasteiger partial charge is 0.204 e. The highest BCUT2D eigenvalue weighted by molar-refractivity contribution is 9.11. The third kappa shape index (κ3) is 2.83. The lowest BCUT2D eigenvalue weighted by atomic mass is 10.0. The van der Waals surface area contributed by atoms with E-state index in [1.54, 1.807) is 12.1 Å². The van der Waals surface area contributed by atoms with Crippen molar-refractivity contribution in [2.45, 2.75) is 0 Å². The highest BCUT2D eigenvalue weighted by Crippen LogP contribution is 2.52. The Morgan fingerprint density at radius 3 is 2.05 bits per heavy atom. The minimum atomic E-state index is 0.0541. The summed E-state index contributed by atoms with van der Waals surface area (Å²) in [6.45, 7) is 0. The van der Waals surface area contributed by atoms with Gasteiger partial charge < -0.3 is 25.1 Å². The quantitative estimate of drug-likeness (QED) is 0.708. The molecule has 3 N–H and O–H groups in total.